The number of hydrogen-bond donors (Lipinski definition) is 0. The Balaban J connectivity index is 1.30. The molecule has 0 N–H and O–H groups in total. The summed E-state index contributed by atoms with van der Waals surface area (Å²) in [5.41, 5.74) is 21.4. The molecule has 1 aromatic heterocycles. The lowest BCUT2D eigenvalue weighted by atomic mass is 9.82. The molecule has 9 rings (SSSR count). The SMILES string of the molecule is c1ccc2c(c1)Cc1cc3c(cc1-2)-c1cc2c4c(c1C3)Cc1ccccc1N4c1cnccc1C2. The van der Waals surface area contributed by atoms with Gasteiger partial charge in [0.15, 0.2) is 0 Å². The first-order valence-corrected chi connectivity index (χ1v) is 12.6. The minimum absolute atomic E-state index is 0.968. The summed E-state index contributed by atoms with van der Waals surface area (Å²) in [6, 6.07) is 27.5. The van der Waals surface area contributed by atoms with E-state index < -0.39 is 0 Å². The van der Waals surface area contributed by atoms with Gasteiger partial charge in [-0.1, -0.05) is 48.5 Å². The average Bonchev–Trinajstić information content (AvgIpc) is 3.44. The number of pyridine rings is 1. The van der Waals surface area contributed by atoms with Crippen LogP contribution in [0.15, 0.2) is 85.2 Å². The third kappa shape index (κ3) is 2.27. The lowest BCUT2D eigenvalue weighted by molar-refractivity contribution is 0.986. The molecule has 2 nitrogen and oxygen atoms in total. The van der Waals surface area contributed by atoms with Gasteiger partial charge in [-0.25, -0.2) is 0 Å². The van der Waals surface area contributed by atoms with Crippen LogP contribution >= 0.6 is 0 Å². The predicted octanol–water partition coefficient (Wildman–Crippen LogP) is 7.50. The summed E-state index contributed by atoms with van der Waals surface area (Å²) in [5, 5.41) is 0. The molecule has 0 unspecified atom stereocenters. The number of fused-ring (bicyclic) bond motifs is 11. The summed E-state index contributed by atoms with van der Waals surface area (Å²) in [6.45, 7) is 0. The van der Waals surface area contributed by atoms with E-state index >= 15 is 0 Å². The second-order valence-electron chi connectivity index (χ2n) is 10.4. The zero-order chi connectivity index (χ0) is 22.7. The minimum atomic E-state index is 0.968. The molecular formula is C33H22N2. The van der Waals surface area contributed by atoms with Crippen LogP contribution in [0.5, 0.6) is 0 Å². The Morgan fingerprint density at radius 1 is 0.514 bits per heavy atom. The molecule has 4 aliphatic rings. The zero-order valence-electron chi connectivity index (χ0n) is 19.3. The smallest absolute Gasteiger partial charge is 0.0680 e. The van der Waals surface area contributed by atoms with Crippen molar-refractivity contribution in [3.8, 4) is 22.3 Å². The first-order valence-electron chi connectivity index (χ1n) is 12.6. The number of hydrogen-bond acceptors (Lipinski definition) is 2. The fraction of sp³-hybridized carbons (Fsp3) is 0.121. The highest BCUT2D eigenvalue weighted by atomic mass is 15.2. The molecule has 4 aromatic carbocycles. The van der Waals surface area contributed by atoms with Crippen LogP contribution in [0, 0.1) is 0 Å². The van der Waals surface area contributed by atoms with Gasteiger partial charge >= 0.3 is 0 Å². The van der Waals surface area contributed by atoms with Crippen LogP contribution in [-0.2, 0) is 25.7 Å². The molecule has 0 saturated heterocycles. The maximum atomic E-state index is 4.51. The molecule has 2 heteroatoms. The van der Waals surface area contributed by atoms with Crippen LogP contribution in [0.4, 0.5) is 17.1 Å². The van der Waals surface area contributed by atoms with Gasteiger partial charge in [0.05, 0.1) is 17.6 Å². The normalized spacial score (nSPS) is 14.9. The average molecular weight is 447 g/mol. The van der Waals surface area contributed by atoms with Gasteiger partial charge in [-0.05, 0) is 104 Å². The Labute approximate surface area is 204 Å². The van der Waals surface area contributed by atoms with E-state index in [1.807, 2.05) is 12.4 Å². The standard InChI is InChI=1S/C33H22N2/c1-3-7-25-19(5-1)11-22-13-23-15-29-28(27(23)17-26(22)25)16-24-12-21-9-10-34-18-32(21)35-31-8-4-2-6-20(31)14-30(29)33(24)35/h1-10,13,16-18H,11-12,14-15H2. The highest BCUT2D eigenvalue weighted by Gasteiger charge is 2.36. The molecule has 35 heavy (non-hydrogen) atoms. The van der Waals surface area contributed by atoms with Gasteiger partial charge in [0.2, 0.25) is 0 Å². The Hall–Kier alpha value is -4.17. The van der Waals surface area contributed by atoms with Crippen molar-refractivity contribution in [3.63, 3.8) is 0 Å². The molecule has 0 radical (unpaired) electrons. The monoisotopic (exact) mass is 446 g/mol. The van der Waals surface area contributed by atoms with Crippen molar-refractivity contribution in [1.29, 1.82) is 0 Å². The summed E-state index contributed by atoms with van der Waals surface area (Å²) in [7, 11) is 0. The Morgan fingerprint density at radius 3 is 2.23 bits per heavy atom. The van der Waals surface area contributed by atoms with Crippen molar-refractivity contribution in [1.82, 2.24) is 4.98 Å². The maximum absolute atomic E-state index is 4.51. The van der Waals surface area contributed by atoms with E-state index in [-0.39, 0.29) is 0 Å². The largest absolute Gasteiger partial charge is 0.308 e. The molecule has 2 aliphatic heterocycles. The van der Waals surface area contributed by atoms with Gasteiger partial charge in [0.1, 0.15) is 0 Å². The Morgan fingerprint density at radius 2 is 1.26 bits per heavy atom. The van der Waals surface area contributed by atoms with Crippen molar-refractivity contribution in [2.75, 3.05) is 4.90 Å². The van der Waals surface area contributed by atoms with Crippen molar-refractivity contribution in [2.45, 2.75) is 25.7 Å². The molecule has 3 heterocycles. The minimum Gasteiger partial charge on any atom is -0.308 e. The topological polar surface area (TPSA) is 16.1 Å². The highest BCUT2D eigenvalue weighted by molar-refractivity contribution is 5.95. The second-order valence-corrected chi connectivity index (χ2v) is 10.4. The van der Waals surface area contributed by atoms with Crippen molar-refractivity contribution in [3.05, 3.63) is 130 Å². The van der Waals surface area contributed by atoms with E-state index in [4.69, 9.17) is 0 Å². The molecule has 0 amide bonds. The molecule has 0 fully saturated rings. The fourth-order valence-electron chi connectivity index (χ4n) is 7.11. The van der Waals surface area contributed by atoms with Crippen LogP contribution in [0.25, 0.3) is 22.3 Å². The van der Waals surface area contributed by atoms with Crippen molar-refractivity contribution < 1.29 is 0 Å². The number of rotatable bonds is 0. The van der Waals surface area contributed by atoms with Crippen molar-refractivity contribution in [2.24, 2.45) is 0 Å². The lowest BCUT2D eigenvalue weighted by Gasteiger charge is -2.40. The van der Waals surface area contributed by atoms with Gasteiger partial charge in [0, 0.05) is 24.7 Å². The predicted molar refractivity (Wildman–Crippen MR) is 141 cm³/mol. The number of aromatic nitrogens is 1. The molecule has 0 bridgehead atoms. The third-order valence-electron chi connectivity index (χ3n) is 8.61. The highest BCUT2D eigenvalue weighted by Crippen LogP contribution is 2.55. The van der Waals surface area contributed by atoms with Crippen LogP contribution in [0.1, 0.15) is 44.5 Å². The van der Waals surface area contributed by atoms with E-state index in [1.54, 1.807) is 0 Å². The number of nitrogens with zero attached hydrogens (tertiary/aromatic N) is 2. The first-order chi connectivity index (χ1) is 17.3. The summed E-state index contributed by atoms with van der Waals surface area (Å²) in [4.78, 5) is 7.01. The summed E-state index contributed by atoms with van der Waals surface area (Å²) in [5.74, 6) is 0. The lowest BCUT2D eigenvalue weighted by Crippen LogP contribution is -2.25. The Kier molecular flexibility index (Phi) is 3.27. The van der Waals surface area contributed by atoms with Crippen LogP contribution in [-0.4, -0.2) is 4.98 Å². The molecule has 0 atom stereocenters. The quantitative estimate of drug-likeness (QED) is 0.240. The van der Waals surface area contributed by atoms with Gasteiger partial charge in [-0.3, -0.25) is 4.98 Å². The van der Waals surface area contributed by atoms with E-state index in [2.05, 4.69) is 82.7 Å². The summed E-state index contributed by atoms with van der Waals surface area (Å²) in [6.07, 6.45) is 8.05. The number of anilines is 3. The zero-order valence-corrected chi connectivity index (χ0v) is 19.3. The van der Waals surface area contributed by atoms with E-state index in [0.717, 1.165) is 25.7 Å². The van der Waals surface area contributed by atoms with Crippen LogP contribution in [0.2, 0.25) is 0 Å². The van der Waals surface area contributed by atoms with Crippen LogP contribution in [0.3, 0.4) is 0 Å². The molecule has 164 valence electrons. The van der Waals surface area contributed by atoms with E-state index in [1.165, 1.54) is 83.8 Å². The van der Waals surface area contributed by atoms with Crippen molar-refractivity contribution >= 4 is 17.1 Å². The summed E-state index contributed by atoms with van der Waals surface area (Å²) >= 11 is 0. The van der Waals surface area contributed by atoms with Gasteiger partial charge in [0.25, 0.3) is 0 Å². The third-order valence-corrected chi connectivity index (χ3v) is 8.61. The van der Waals surface area contributed by atoms with Gasteiger partial charge in [-0.2, -0.15) is 0 Å². The second kappa shape index (κ2) is 6.28. The molecular weight excluding hydrogens is 424 g/mol. The maximum Gasteiger partial charge on any atom is 0.0680 e. The van der Waals surface area contributed by atoms with Gasteiger partial charge < -0.3 is 4.90 Å². The molecule has 0 spiro atoms. The Bertz CT molecular complexity index is 1750. The molecule has 2 aliphatic carbocycles. The molecule has 0 saturated carbocycles. The first kappa shape index (κ1) is 18.2. The molecule has 5 aromatic rings. The van der Waals surface area contributed by atoms with Gasteiger partial charge in [-0.15, -0.1) is 0 Å². The summed E-state index contributed by atoms with van der Waals surface area (Å²) < 4.78 is 0. The van der Waals surface area contributed by atoms with E-state index in [0.29, 0.717) is 0 Å². The fourth-order valence-corrected chi connectivity index (χ4v) is 7.11. The van der Waals surface area contributed by atoms with E-state index in [9.17, 15) is 0 Å². The van der Waals surface area contributed by atoms with Crippen LogP contribution < -0.4 is 4.90 Å². The number of benzene rings is 4. The number of para-hydroxylation sites is 1.